The Labute approximate surface area is 120 Å². The number of rotatable bonds is 3. The largest absolute Gasteiger partial charge is 0.383 e. The number of anilines is 1. The standard InChI is InChI=1S/C16H22N4/c1-2-20-15(17)14(13-9-6-10-18-11-13)19-16(20)12-7-4-3-5-8-12/h6,9-12H,2-5,7-8,17H2,1H3. The van der Waals surface area contributed by atoms with Crippen LogP contribution in [-0.2, 0) is 6.54 Å². The predicted molar refractivity (Wildman–Crippen MR) is 81.4 cm³/mol. The van der Waals surface area contributed by atoms with Crippen molar-refractivity contribution in [2.75, 3.05) is 5.73 Å². The van der Waals surface area contributed by atoms with Crippen molar-refractivity contribution in [3.05, 3.63) is 30.4 Å². The molecule has 1 aliphatic carbocycles. The van der Waals surface area contributed by atoms with Crippen LogP contribution < -0.4 is 5.73 Å². The molecule has 1 saturated carbocycles. The van der Waals surface area contributed by atoms with Gasteiger partial charge in [-0.1, -0.05) is 19.3 Å². The zero-order valence-corrected chi connectivity index (χ0v) is 12.0. The number of nitrogen functional groups attached to an aromatic ring is 1. The molecule has 2 N–H and O–H groups in total. The maximum Gasteiger partial charge on any atom is 0.131 e. The maximum atomic E-state index is 6.33. The molecule has 0 atom stereocenters. The van der Waals surface area contributed by atoms with Crippen LogP contribution in [0.1, 0.15) is 50.8 Å². The molecule has 0 spiro atoms. The third kappa shape index (κ3) is 2.30. The molecule has 2 heterocycles. The highest BCUT2D eigenvalue weighted by atomic mass is 15.1. The average Bonchev–Trinajstić information content (AvgIpc) is 2.86. The SMILES string of the molecule is CCn1c(C2CCCCC2)nc(-c2cccnc2)c1N. The minimum atomic E-state index is 0.566. The van der Waals surface area contributed by atoms with Crippen molar-refractivity contribution in [1.82, 2.24) is 14.5 Å². The summed E-state index contributed by atoms with van der Waals surface area (Å²) in [4.78, 5) is 9.05. The molecule has 3 rings (SSSR count). The lowest BCUT2D eigenvalue weighted by molar-refractivity contribution is 0.418. The summed E-state index contributed by atoms with van der Waals surface area (Å²) < 4.78 is 2.18. The van der Waals surface area contributed by atoms with Gasteiger partial charge in [-0.25, -0.2) is 4.98 Å². The first kappa shape index (κ1) is 13.2. The summed E-state index contributed by atoms with van der Waals surface area (Å²) in [5, 5.41) is 0. The van der Waals surface area contributed by atoms with E-state index in [1.54, 1.807) is 6.20 Å². The molecular formula is C16H22N4. The van der Waals surface area contributed by atoms with Gasteiger partial charge in [-0.15, -0.1) is 0 Å². The molecule has 1 fully saturated rings. The molecule has 1 aliphatic rings. The van der Waals surface area contributed by atoms with Crippen molar-refractivity contribution in [3.8, 4) is 11.3 Å². The van der Waals surface area contributed by atoms with E-state index in [1.807, 2.05) is 18.3 Å². The van der Waals surface area contributed by atoms with Crippen molar-refractivity contribution in [3.63, 3.8) is 0 Å². The number of nitrogens with two attached hydrogens (primary N) is 1. The zero-order valence-electron chi connectivity index (χ0n) is 12.0. The highest BCUT2D eigenvalue weighted by molar-refractivity contribution is 5.70. The lowest BCUT2D eigenvalue weighted by Crippen LogP contribution is -2.12. The Kier molecular flexibility index (Phi) is 3.72. The quantitative estimate of drug-likeness (QED) is 0.927. The van der Waals surface area contributed by atoms with E-state index in [0.29, 0.717) is 5.92 Å². The van der Waals surface area contributed by atoms with Gasteiger partial charge in [0.1, 0.15) is 17.3 Å². The number of pyridine rings is 1. The number of hydrogen-bond acceptors (Lipinski definition) is 3. The number of imidazole rings is 1. The zero-order chi connectivity index (χ0) is 13.9. The topological polar surface area (TPSA) is 56.7 Å². The smallest absolute Gasteiger partial charge is 0.131 e. The Morgan fingerprint density at radius 3 is 2.75 bits per heavy atom. The van der Waals surface area contributed by atoms with Crippen molar-refractivity contribution in [1.29, 1.82) is 0 Å². The van der Waals surface area contributed by atoms with Crippen molar-refractivity contribution >= 4 is 5.82 Å². The maximum absolute atomic E-state index is 6.33. The van der Waals surface area contributed by atoms with E-state index in [4.69, 9.17) is 10.7 Å². The van der Waals surface area contributed by atoms with E-state index in [9.17, 15) is 0 Å². The van der Waals surface area contributed by atoms with Crippen LogP contribution in [0.4, 0.5) is 5.82 Å². The monoisotopic (exact) mass is 270 g/mol. The minimum absolute atomic E-state index is 0.566. The number of aromatic nitrogens is 3. The van der Waals surface area contributed by atoms with Gasteiger partial charge in [0.25, 0.3) is 0 Å². The molecule has 4 nitrogen and oxygen atoms in total. The minimum Gasteiger partial charge on any atom is -0.383 e. The Hall–Kier alpha value is -1.84. The highest BCUT2D eigenvalue weighted by Crippen LogP contribution is 2.36. The number of nitrogens with zero attached hydrogens (tertiary/aromatic N) is 3. The molecule has 0 aromatic carbocycles. The average molecular weight is 270 g/mol. The lowest BCUT2D eigenvalue weighted by Gasteiger charge is -2.21. The van der Waals surface area contributed by atoms with Crippen molar-refractivity contribution < 1.29 is 0 Å². The van der Waals surface area contributed by atoms with Crippen LogP contribution >= 0.6 is 0 Å². The summed E-state index contributed by atoms with van der Waals surface area (Å²) in [5.41, 5.74) is 8.22. The van der Waals surface area contributed by atoms with Gasteiger partial charge in [0, 0.05) is 30.4 Å². The molecule has 0 amide bonds. The second kappa shape index (κ2) is 5.65. The van der Waals surface area contributed by atoms with Gasteiger partial charge in [-0.2, -0.15) is 0 Å². The molecule has 106 valence electrons. The Morgan fingerprint density at radius 2 is 2.10 bits per heavy atom. The van der Waals surface area contributed by atoms with Crippen LogP contribution in [0.5, 0.6) is 0 Å². The van der Waals surface area contributed by atoms with Crippen LogP contribution in [0.15, 0.2) is 24.5 Å². The van der Waals surface area contributed by atoms with Gasteiger partial charge >= 0.3 is 0 Å². The van der Waals surface area contributed by atoms with E-state index < -0.39 is 0 Å². The van der Waals surface area contributed by atoms with Gasteiger partial charge < -0.3 is 10.3 Å². The fourth-order valence-corrected chi connectivity index (χ4v) is 3.20. The van der Waals surface area contributed by atoms with Gasteiger partial charge in [0.05, 0.1) is 0 Å². The van der Waals surface area contributed by atoms with Crippen LogP contribution in [0.25, 0.3) is 11.3 Å². The fourth-order valence-electron chi connectivity index (χ4n) is 3.20. The van der Waals surface area contributed by atoms with E-state index in [1.165, 1.54) is 37.9 Å². The molecule has 2 aromatic rings. The van der Waals surface area contributed by atoms with Crippen molar-refractivity contribution in [2.45, 2.75) is 51.5 Å². The Bertz CT molecular complexity index is 568. The molecule has 0 radical (unpaired) electrons. The summed E-state index contributed by atoms with van der Waals surface area (Å²) in [5.74, 6) is 2.51. The first-order valence-corrected chi connectivity index (χ1v) is 7.57. The molecule has 2 aromatic heterocycles. The third-order valence-electron chi connectivity index (χ3n) is 4.26. The molecule has 0 unspecified atom stereocenters. The van der Waals surface area contributed by atoms with E-state index in [2.05, 4.69) is 16.5 Å². The van der Waals surface area contributed by atoms with Crippen LogP contribution in [-0.4, -0.2) is 14.5 Å². The Balaban J connectivity index is 2.02. The van der Waals surface area contributed by atoms with Crippen LogP contribution in [0, 0.1) is 0 Å². The highest BCUT2D eigenvalue weighted by Gasteiger charge is 2.24. The van der Waals surface area contributed by atoms with Crippen molar-refractivity contribution in [2.24, 2.45) is 0 Å². The summed E-state index contributed by atoms with van der Waals surface area (Å²) >= 11 is 0. The van der Waals surface area contributed by atoms with Crippen LogP contribution in [0.2, 0.25) is 0 Å². The van der Waals surface area contributed by atoms with E-state index >= 15 is 0 Å². The molecule has 20 heavy (non-hydrogen) atoms. The lowest BCUT2D eigenvalue weighted by atomic mass is 9.88. The van der Waals surface area contributed by atoms with E-state index in [0.717, 1.165) is 23.6 Å². The second-order valence-corrected chi connectivity index (χ2v) is 5.52. The summed E-state index contributed by atoms with van der Waals surface area (Å²) in [6, 6.07) is 3.95. The van der Waals surface area contributed by atoms with Gasteiger partial charge in [0.15, 0.2) is 0 Å². The first-order valence-electron chi connectivity index (χ1n) is 7.57. The molecular weight excluding hydrogens is 248 g/mol. The molecule has 0 saturated heterocycles. The Morgan fingerprint density at radius 1 is 1.30 bits per heavy atom. The summed E-state index contributed by atoms with van der Waals surface area (Å²) in [6.45, 7) is 3.02. The van der Waals surface area contributed by atoms with Crippen LogP contribution in [0.3, 0.4) is 0 Å². The summed E-state index contributed by atoms with van der Waals surface area (Å²) in [7, 11) is 0. The van der Waals surface area contributed by atoms with Gasteiger partial charge in [-0.3, -0.25) is 4.98 Å². The number of hydrogen-bond donors (Lipinski definition) is 1. The predicted octanol–water partition coefficient (Wildman–Crippen LogP) is 3.59. The first-order chi connectivity index (χ1) is 9.81. The van der Waals surface area contributed by atoms with E-state index in [-0.39, 0.29) is 0 Å². The van der Waals surface area contributed by atoms with Gasteiger partial charge in [0.2, 0.25) is 0 Å². The fraction of sp³-hybridized carbons (Fsp3) is 0.500. The second-order valence-electron chi connectivity index (χ2n) is 5.52. The third-order valence-corrected chi connectivity index (χ3v) is 4.26. The summed E-state index contributed by atoms with van der Waals surface area (Å²) in [6.07, 6.45) is 10.1. The molecule has 4 heteroatoms. The normalized spacial score (nSPS) is 16.4. The molecule has 0 bridgehead atoms. The molecule has 0 aliphatic heterocycles. The van der Waals surface area contributed by atoms with Gasteiger partial charge in [-0.05, 0) is 31.9 Å².